The van der Waals surface area contributed by atoms with E-state index in [9.17, 15) is 4.79 Å². The minimum Gasteiger partial charge on any atom is -0.481 e. The van der Waals surface area contributed by atoms with E-state index < -0.39 is 5.97 Å². The summed E-state index contributed by atoms with van der Waals surface area (Å²) < 4.78 is 1.86. The van der Waals surface area contributed by atoms with Crippen molar-refractivity contribution in [3.05, 3.63) is 10.8 Å². The van der Waals surface area contributed by atoms with Gasteiger partial charge in [-0.15, -0.1) is 10.2 Å². The Morgan fingerprint density at radius 1 is 1.45 bits per heavy atom. The summed E-state index contributed by atoms with van der Waals surface area (Å²) in [7, 11) is 0. The van der Waals surface area contributed by atoms with Crippen molar-refractivity contribution in [2.45, 2.75) is 51.4 Å². The summed E-state index contributed by atoms with van der Waals surface area (Å²) in [6, 6.07) is 0. The maximum absolute atomic E-state index is 10.7. The van der Waals surface area contributed by atoms with Gasteiger partial charge in [0.2, 0.25) is 4.96 Å². The predicted molar refractivity (Wildman–Crippen MR) is 75.0 cm³/mol. The van der Waals surface area contributed by atoms with E-state index in [0.29, 0.717) is 12.3 Å². The lowest BCUT2D eigenvalue weighted by Crippen LogP contribution is -2.07. The number of hydrogen-bond donors (Lipinski definition) is 1. The highest BCUT2D eigenvalue weighted by Crippen LogP contribution is 2.33. The molecular formula is C13H18N4O2S. The van der Waals surface area contributed by atoms with Crippen LogP contribution < -0.4 is 0 Å². The zero-order valence-electron chi connectivity index (χ0n) is 11.4. The lowest BCUT2D eigenvalue weighted by atomic mass is 10.1. The lowest BCUT2D eigenvalue weighted by molar-refractivity contribution is -0.137. The summed E-state index contributed by atoms with van der Waals surface area (Å²) >= 11 is 1.52. The molecule has 0 amide bonds. The summed E-state index contributed by atoms with van der Waals surface area (Å²) in [6.45, 7) is 1.94. The van der Waals surface area contributed by atoms with Crippen LogP contribution in [0.3, 0.4) is 0 Å². The van der Waals surface area contributed by atoms with E-state index >= 15 is 0 Å². The molecule has 1 aliphatic carbocycles. The largest absolute Gasteiger partial charge is 0.481 e. The molecule has 2 aromatic heterocycles. The molecule has 1 atom stereocenters. The van der Waals surface area contributed by atoms with Gasteiger partial charge in [-0.2, -0.15) is 9.61 Å². The number of fused-ring (bicyclic) bond motifs is 1. The van der Waals surface area contributed by atoms with E-state index in [4.69, 9.17) is 5.11 Å². The van der Waals surface area contributed by atoms with Gasteiger partial charge in [-0.1, -0.05) is 31.1 Å². The average Bonchev–Trinajstić information content (AvgIpc) is 3.01. The molecule has 3 rings (SSSR count). The van der Waals surface area contributed by atoms with Gasteiger partial charge in [0.15, 0.2) is 5.82 Å². The lowest BCUT2D eigenvalue weighted by Gasteiger charge is -2.05. The summed E-state index contributed by atoms with van der Waals surface area (Å²) in [5, 5.41) is 22.8. The van der Waals surface area contributed by atoms with Gasteiger partial charge in [-0.3, -0.25) is 4.79 Å². The smallest absolute Gasteiger partial charge is 0.303 e. The van der Waals surface area contributed by atoms with E-state index in [1.54, 1.807) is 0 Å². The van der Waals surface area contributed by atoms with E-state index in [1.807, 2.05) is 11.4 Å². The summed E-state index contributed by atoms with van der Waals surface area (Å²) in [5.41, 5.74) is 0. The van der Waals surface area contributed by atoms with Crippen LogP contribution in [0, 0.1) is 5.92 Å². The van der Waals surface area contributed by atoms with Crippen molar-refractivity contribution in [3.63, 3.8) is 0 Å². The Kier molecular flexibility index (Phi) is 3.69. The first-order valence-corrected chi connectivity index (χ1v) is 7.88. The van der Waals surface area contributed by atoms with Crippen LogP contribution in [0.2, 0.25) is 0 Å². The van der Waals surface area contributed by atoms with Crippen molar-refractivity contribution < 1.29 is 9.90 Å². The summed E-state index contributed by atoms with van der Waals surface area (Å²) in [5.74, 6) is 0.792. The second-order valence-electron chi connectivity index (χ2n) is 5.64. The predicted octanol–water partition coefficient (Wildman–Crippen LogP) is 2.50. The van der Waals surface area contributed by atoms with Gasteiger partial charge >= 0.3 is 5.97 Å². The van der Waals surface area contributed by atoms with Crippen molar-refractivity contribution in [1.82, 2.24) is 19.8 Å². The standard InChI is InChI=1S/C13H18N4O2S/c1-8(7-11(18)19)6-10-16-17-12(9-4-2-3-5-9)14-15-13(17)20-10/h8-9H,2-7H2,1H3,(H,18,19). The Balaban J connectivity index is 1.78. The van der Waals surface area contributed by atoms with Gasteiger partial charge in [0.05, 0.1) is 0 Å². The van der Waals surface area contributed by atoms with Gasteiger partial charge in [-0.25, -0.2) is 0 Å². The van der Waals surface area contributed by atoms with Gasteiger partial charge in [0, 0.05) is 18.8 Å². The third-order valence-electron chi connectivity index (χ3n) is 3.82. The molecule has 2 heterocycles. The Labute approximate surface area is 120 Å². The van der Waals surface area contributed by atoms with E-state index in [-0.39, 0.29) is 12.3 Å². The van der Waals surface area contributed by atoms with Gasteiger partial charge in [-0.05, 0) is 18.8 Å². The molecule has 0 radical (unpaired) electrons. The van der Waals surface area contributed by atoms with Crippen molar-refractivity contribution in [2.75, 3.05) is 0 Å². The molecule has 6 nitrogen and oxygen atoms in total. The maximum atomic E-state index is 10.7. The molecule has 1 aliphatic rings. The van der Waals surface area contributed by atoms with Crippen molar-refractivity contribution >= 4 is 22.3 Å². The molecule has 1 unspecified atom stereocenters. The molecule has 0 aliphatic heterocycles. The number of hydrogen-bond acceptors (Lipinski definition) is 5. The highest BCUT2D eigenvalue weighted by Gasteiger charge is 2.24. The molecule has 0 aromatic carbocycles. The Morgan fingerprint density at radius 2 is 2.20 bits per heavy atom. The van der Waals surface area contributed by atoms with Crippen LogP contribution in [-0.2, 0) is 11.2 Å². The van der Waals surface area contributed by atoms with Crippen LogP contribution in [-0.4, -0.2) is 30.9 Å². The molecule has 0 saturated heterocycles. The fourth-order valence-corrected chi connectivity index (χ4v) is 3.86. The molecule has 0 bridgehead atoms. The second kappa shape index (κ2) is 5.47. The van der Waals surface area contributed by atoms with Crippen LogP contribution >= 0.6 is 11.3 Å². The molecule has 1 N–H and O–H groups in total. The SMILES string of the molecule is CC(CC(=O)O)Cc1nn2c(C3CCCC3)nnc2s1. The quantitative estimate of drug-likeness (QED) is 0.916. The molecule has 7 heteroatoms. The molecule has 1 saturated carbocycles. The number of carboxylic acid groups (broad SMARTS) is 1. The van der Waals surface area contributed by atoms with Crippen LogP contribution in [0.5, 0.6) is 0 Å². The first-order chi connectivity index (χ1) is 9.63. The van der Waals surface area contributed by atoms with Crippen molar-refractivity contribution in [2.24, 2.45) is 5.92 Å². The first kappa shape index (κ1) is 13.5. The number of aliphatic carboxylic acids is 1. The zero-order chi connectivity index (χ0) is 14.1. The highest BCUT2D eigenvalue weighted by atomic mass is 32.1. The molecule has 0 spiro atoms. The maximum Gasteiger partial charge on any atom is 0.303 e. The summed E-state index contributed by atoms with van der Waals surface area (Å²) in [6.07, 6.45) is 5.71. The van der Waals surface area contributed by atoms with Crippen LogP contribution in [0.15, 0.2) is 0 Å². The van der Waals surface area contributed by atoms with Crippen molar-refractivity contribution in [1.29, 1.82) is 0 Å². The topological polar surface area (TPSA) is 80.4 Å². The van der Waals surface area contributed by atoms with Crippen molar-refractivity contribution in [3.8, 4) is 0 Å². The van der Waals surface area contributed by atoms with Crippen LogP contribution in [0.1, 0.15) is 55.8 Å². The number of aromatic nitrogens is 4. The van der Waals surface area contributed by atoms with Gasteiger partial charge in [0.25, 0.3) is 0 Å². The third-order valence-corrected chi connectivity index (χ3v) is 4.74. The molecule has 20 heavy (non-hydrogen) atoms. The van der Waals surface area contributed by atoms with Crippen LogP contribution in [0.4, 0.5) is 0 Å². The molecule has 108 valence electrons. The van der Waals surface area contributed by atoms with E-state index in [0.717, 1.165) is 15.8 Å². The minimum absolute atomic E-state index is 0.0891. The third kappa shape index (κ3) is 2.67. The number of nitrogens with zero attached hydrogens (tertiary/aromatic N) is 4. The second-order valence-corrected chi connectivity index (χ2v) is 6.68. The fraction of sp³-hybridized carbons (Fsp3) is 0.692. The molecule has 2 aromatic rings. The molecular weight excluding hydrogens is 276 g/mol. The Bertz CT molecular complexity index is 615. The average molecular weight is 294 g/mol. The first-order valence-electron chi connectivity index (χ1n) is 7.06. The Morgan fingerprint density at radius 3 is 2.90 bits per heavy atom. The van der Waals surface area contributed by atoms with E-state index in [2.05, 4.69) is 15.3 Å². The number of carbonyl (C=O) groups is 1. The normalized spacial score (nSPS) is 17.9. The molecule has 1 fully saturated rings. The highest BCUT2D eigenvalue weighted by molar-refractivity contribution is 7.16. The van der Waals surface area contributed by atoms with Crippen LogP contribution in [0.25, 0.3) is 4.96 Å². The Hall–Kier alpha value is -1.50. The monoisotopic (exact) mass is 294 g/mol. The van der Waals surface area contributed by atoms with Gasteiger partial charge in [0.1, 0.15) is 5.01 Å². The van der Waals surface area contributed by atoms with Gasteiger partial charge < -0.3 is 5.11 Å². The zero-order valence-corrected chi connectivity index (χ0v) is 12.3. The van der Waals surface area contributed by atoms with E-state index in [1.165, 1.54) is 37.0 Å². The number of carboxylic acids is 1. The number of rotatable bonds is 5. The minimum atomic E-state index is -0.757. The summed E-state index contributed by atoms with van der Waals surface area (Å²) in [4.78, 5) is 11.5. The fourth-order valence-electron chi connectivity index (χ4n) is 2.86.